The van der Waals surface area contributed by atoms with Crippen molar-refractivity contribution < 1.29 is 9.53 Å². The van der Waals surface area contributed by atoms with Gasteiger partial charge in [0.05, 0.1) is 12.7 Å². The topological polar surface area (TPSA) is 50.1 Å². The first-order valence-corrected chi connectivity index (χ1v) is 2.33. The third-order valence-corrected chi connectivity index (χ3v) is 0.529. The molecular weight excluding hydrogens is 108 g/mol. The molecule has 0 saturated carbocycles. The van der Waals surface area contributed by atoms with Crippen LogP contribution in [0.3, 0.4) is 0 Å². The molecule has 0 spiro atoms. The lowest BCUT2D eigenvalue weighted by atomic mass is 10.6. The van der Waals surface area contributed by atoms with Crippen molar-refractivity contribution in [3.8, 4) is 6.07 Å². The van der Waals surface area contributed by atoms with E-state index in [1.165, 1.54) is 0 Å². The third-order valence-electron chi connectivity index (χ3n) is 0.529. The number of nitrogens with zero attached hydrogens (tertiary/aromatic N) is 1. The Morgan fingerprint density at radius 1 is 1.88 bits per heavy atom. The van der Waals surface area contributed by atoms with Gasteiger partial charge in [0.2, 0.25) is 0 Å². The van der Waals surface area contributed by atoms with Crippen LogP contribution in [0, 0.1) is 11.3 Å². The van der Waals surface area contributed by atoms with Crippen molar-refractivity contribution in [3.05, 3.63) is 0 Å². The molecule has 44 valence electrons. The highest BCUT2D eigenvalue weighted by atomic mass is 16.5. The Morgan fingerprint density at radius 2 is 2.50 bits per heavy atom. The van der Waals surface area contributed by atoms with Crippen LogP contribution in [0.2, 0.25) is 0 Å². The second kappa shape index (κ2) is 4.13. The number of esters is 1. The minimum atomic E-state index is -0.449. The summed E-state index contributed by atoms with van der Waals surface area (Å²) in [5.41, 5.74) is 0. The summed E-state index contributed by atoms with van der Waals surface area (Å²) in [7, 11) is 0. The number of carbonyl (C=O) groups is 1. The van der Waals surface area contributed by atoms with Crippen LogP contribution in [0.1, 0.15) is 13.3 Å². The van der Waals surface area contributed by atoms with E-state index in [1.54, 1.807) is 13.0 Å². The van der Waals surface area contributed by atoms with Gasteiger partial charge in [-0.25, -0.2) is 0 Å². The first kappa shape index (κ1) is 6.96. The normalized spacial score (nSPS) is 7.50. The van der Waals surface area contributed by atoms with Crippen LogP contribution >= 0.6 is 0 Å². The standard InChI is InChI=1S/C5H7NO2/c1-2-8-5(7)3-4-6/h2-3H2,1H3/i4+1,6+1. The molecule has 0 aliphatic rings. The van der Waals surface area contributed by atoms with E-state index < -0.39 is 5.97 Å². The zero-order chi connectivity index (χ0) is 6.41. The molecule has 0 heterocycles. The summed E-state index contributed by atoms with van der Waals surface area (Å²) in [6.45, 7) is 2.05. The van der Waals surface area contributed by atoms with E-state index in [-0.39, 0.29) is 6.42 Å². The maximum atomic E-state index is 10.2. The molecule has 8 heavy (non-hydrogen) atoms. The van der Waals surface area contributed by atoms with E-state index in [9.17, 15) is 4.79 Å². The summed E-state index contributed by atoms with van der Waals surface area (Å²) in [5, 5.41) is 7.91. The zero-order valence-electron chi connectivity index (χ0n) is 4.68. The fourth-order valence-electron chi connectivity index (χ4n) is 0.277. The lowest BCUT2D eigenvalue weighted by molar-refractivity contribution is -0.141. The average molecular weight is 115 g/mol. The highest BCUT2D eigenvalue weighted by molar-refractivity contribution is 5.71. The lowest BCUT2D eigenvalue weighted by Crippen LogP contribution is -2.01. The molecule has 0 aromatic carbocycles. The quantitative estimate of drug-likeness (QED) is 0.298. The van der Waals surface area contributed by atoms with Crippen LogP contribution in [0.15, 0.2) is 0 Å². The maximum Gasteiger partial charge on any atom is 0.320 e. The number of carbonyl (C=O) groups excluding carboxylic acids is 1. The van der Waals surface area contributed by atoms with Crippen molar-refractivity contribution in [1.82, 2.24) is 0 Å². The Morgan fingerprint density at radius 3 is 2.88 bits per heavy atom. The van der Waals surface area contributed by atoms with E-state index in [0.717, 1.165) is 0 Å². The van der Waals surface area contributed by atoms with Gasteiger partial charge in [-0.05, 0) is 6.92 Å². The molecule has 0 bridgehead atoms. The van der Waals surface area contributed by atoms with Crippen LogP contribution in [-0.4, -0.2) is 12.6 Å². The number of ether oxygens (including phenoxy) is 1. The Balaban J connectivity index is 3.23. The van der Waals surface area contributed by atoms with Crippen molar-refractivity contribution in [2.75, 3.05) is 6.61 Å². The van der Waals surface area contributed by atoms with Crippen LogP contribution in [-0.2, 0) is 9.53 Å². The summed E-state index contributed by atoms with van der Waals surface area (Å²) in [4.78, 5) is 10.2. The molecule has 0 aromatic heterocycles. The van der Waals surface area contributed by atoms with E-state index in [0.29, 0.717) is 6.61 Å². The summed E-state index contributed by atoms with van der Waals surface area (Å²) in [6.07, 6.45) is -0.145. The van der Waals surface area contributed by atoms with Crippen molar-refractivity contribution >= 4 is 5.97 Å². The first-order valence-electron chi connectivity index (χ1n) is 2.33. The summed E-state index contributed by atoms with van der Waals surface area (Å²) >= 11 is 0. The van der Waals surface area contributed by atoms with Crippen LogP contribution in [0.4, 0.5) is 0 Å². The van der Waals surface area contributed by atoms with Crippen LogP contribution < -0.4 is 0 Å². The minimum Gasteiger partial charge on any atom is -0.465 e. The monoisotopic (exact) mass is 115 g/mol. The van der Waals surface area contributed by atoms with Gasteiger partial charge in [-0.15, -0.1) is 0 Å². The number of nitriles is 1. The Bertz CT molecular complexity index is 114. The molecule has 0 N–H and O–H groups in total. The molecule has 0 amide bonds. The molecule has 0 atom stereocenters. The van der Waals surface area contributed by atoms with Crippen molar-refractivity contribution in [2.24, 2.45) is 0 Å². The van der Waals surface area contributed by atoms with Crippen molar-refractivity contribution in [1.29, 1.82) is 5.26 Å². The van der Waals surface area contributed by atoms with Gasteiger partial charge < -0.3 is 4.74 Å². The van der Waals surface area contributed by atoms with E-state index >= 15 is 0 Å². The molecule has 0 unspecified atom stereocenters. The highest BCUT2D eigenvalue weighted by Crippen LogP contribution is 1.81. The van der Waals surface area contributed by atoms with E-state index in [1.807, 2.05) is 0 Å². The Labute approximate surface area is 47.9 Å². The molecule has 3 nitrogen and oxygen atoms in total. The average Bonchev–Trinajstić information content (AvgIpc) is 1.68. The molecule has 0 rings (SSSR count). The van der Waals surface area contributed by atoms with Gasteiger partial charge in [0.15, 0.2) is 0 Å². The fourth-order valence-corrected chi connectivity index (χ4v) is 0.277. The van der Waals surface area contributed by atoms with Gasteiger partial charge in [-0.3, -0.25) is 4.79 Å². The first-order chi connectivity index (χ1) is 3.81. The fraction of sp³-hybridized carbons (Fsp3) is 0.600. The predicted octanol–water partition coefficient (Wildman–Crippen LogP) is 0.463. The molecule has 0 saturated heterocycles. The van der Waals surface area contributed by atoms with Crippen molar-refractivity contribution in [2.45, 2.75) is 13.3 Å². The van der Waals surface area contributed by atoms with E-state index in [2.05, 4.69) is 4.74 Å². The third kappa shape index (κ3) is 3.16. The van der Waals surface area contributed by atoms with Gasteiger partial charge >= 0.3 is 5.97 Å². The van der Waals surface area contributed by atoms with Crippen LogP contribution in [0.25, 0.3) is 0 Å². The van der Waals surface area contributed by atoms with Gasteiger partial charge in [0.25, 0.3) is 0 Å². The molecule has 3 heteroatoms. The Kier molecular flexibility index (Phi) is 3.59. The molecule has 0 fully saturated rings. The number of rotatable bonds is 2. The number of hydrogen-bond donors (Lipinski definition) is 0. The summed E-state index contributed by atoms with van der Waals surface area (Å²) < 4.78 is 4.42. The maximum absolute atomic E-state index is 10.2. The molecule has 0 radical (unpaired) electrons. The minimum absolute atomic E-state index is 0.145. The largest absolute Gasteiger partial charge is 0.465 e. The van der Waals surface area contributed by atoms with Gasteiger partial charge in [0.1, 0.15) is 6.42 Å². The second-order valence-electron chi connectivity index (χ2n) is 1.14. The molecule has 0 aromatic rings. The predicted molar refractivity (Wildman–Crippen MR) is 26.9 cm³/mol. The zero-order valence-corrected chi connectivity index (χ0v) is 4.68. The van der Waals surface area contributed by atoms with E-state index in [4.69, 9.17) is 5.26 Å². The second-order valence-corrected chi connectivity index (χ2v) is 1.14. The number of hydrogen-bond acceptors (Lipinski definition) is 3. The smallest absolute Gasteiger partial charge is 0.320 e. The van der Waals surface area contributed by atoms with Gasteiger partial charge in [-0.2, -0.15) is 5.26 Å². The molecular formula is C5H7NO2. The highest BCUT2D eigenvalue weighted by Gasteiger charge is 1.95. The molecule has 0 aliphatic carbocycles. The lowest BCUT2D eigenvalue weighted by Gasteiger charge is -1.92. The SMILES string of the molecule is CCOC(=O)C[13C]#[15N]. The van der Waals surface area contributed by atoms with Crippen molar-refractivity contribution in [3.63, 3.8) is 0 Å². The summed E-state index contributed by atoms with van der Waals surface area (Å²) in [6, 6.07) is 1.68. The molecule has 0 aliphatic heterocycles. The van der Waals surface area contributed by atoms with Gasteiger partial charge in [0, 0.05) is 0 Å². The summed E-state index contributed by atoms with van der Waals surface area (Å²) in [5.74, 6) is -0.449. The van der Waals surface area contributed by atoms with Gasteiger partial charge in [-0.1, -0.05) is 0 Å². The van der Waals surface area contributed by atoms with Crippen LogP contribution in [0.5, 0.6) is 0 Å². The Hall–Kier alpha value is -1.04.